The quantitative estimate of drug-likeness (QED) is 0.669. The van der Waals surface area contributed by atoms with Gasteiger partial charge in [-0.25, -0.2) is 8.42 Å². The van der Waals surface area contributed by atoms with E-state index in [0.29, 0.717) is 10.6 Å². The molecule has 1 atom stereocenters. The van der Waals surface area contributed by atoms with Crippen molar-refractivity contribution >= 4 is 27.3 Å². The summed E-state index contributed by atoms with van der Waals surface area (Å²) in [5.41, 5.74) is 1.49. The fourth-order valence-electron chi connectivity index (χ4n) is 2.62. The van der Waals surface area contributed by atoms with E-state index in [0.717, 1.165) is 5.56 Å². The minimum Gasteiger partial charge on any atom is -0.468 e. The minimum atomic E-state index is -3.79. The van der Waals surface area contributed by atoms with Crippen molar-refractivity contribution in [1.29, 1.82) is 0 Å². The Balaban J connectivity index is 1.85. The number of hydrogen-bond acceptors (Lipinski definition) is 4. The molecule has 0 radical (unpaired) electrons. The fourth-order valence-corrected chi connectivity index (χ4v) is 4.33. The number of benzene rings is 2. The molecule has 5 nitrogen and oxygen atoms in total. The van der Waals surface area contributed by atoms with Gasteiger partial charge < -0.3 is 9.73 Å². The lowest BCUT2D eigenvalue weighted by Crippen LogP contribution is -2.31. The largest absolute Gasteiger partial charge is 0.468 e. The first kappa shape index (κ1) is 19.2. The zero-order valence-corrected chi connectivity index (χ0v) is 16.1. The highest BCUT2D eigenvalue weighted by Gasteiger charge is 2.32. The van der Waals surface area contributed by atoms with Gasteiger partial charge in [0, 0.05) is 17.1 Å². The van der Waals surface area contributed by atoms with E-state index >= 15 is 0 Å². The summed E-state index contributed by atoms with van der Waals surface area (Å²) in [6, 6.07) is 16.1. The van der Waals surface area contributed by atoms with Crippen molar-refractivity contribution in [1.82, 2.24) is 5.32 Å². The standard InChI is InChI=1S/C20H18ClNO4S/c1-14-4-6-15(7-5-14)20(23)22-13-19(18-3-2-12-26-18)27(24,25)17-10-8-16(21)9-11-17/h2-12,19H,13H2,1H3,(H,22,23)/t19-/m1/s1. The van der Waals surface area contributed by atoms with Crippen LogP contribution in [0.4, 0.5) is 0 Å². The molecule has 3 rings (SSSR count). The predicted molar refractivity (Wildman–Crippen MR) is 104 cm³/mol. The molecule has 0 unspecified atom stereocenters. The Morgan fingerprint density at radius 3 is 2.33 bits per heavy atom. The number of sulfone groups is 1. The summed E-state index contributed by atoms with van der Waals surface area (Å²) in [5.74, 6) is -0.0907. The molecular formula is C20H18ClNO4S. The molecule has 27 heavy (non-hydrogen) atoms. The number of hydrogen-bond donors (Lipinski definition) is 1. The molecule has 0 saturated carbocycles. The Bertz CT molecular complexity index is 1010. The van der Waals surface area contributed by atoms with Crippen LogP contribution in [-0.2, 0) is 9.84 Å². The smallest absolute Gasteiger partial charge is 0.251 e. The Morgan fingerprint density at radius 1 is 1.07 bits per heavy atom. The maximum Gasteiger partial charge on any atom is 0.251 e. The molecule has 7 heteroatoms. The van der Waals surface area contributed by atoms with Crippen molar-refractivity contribution in [3.05, 3.63) is 88.8 Å². The van der Waals surface area contributed by atoms with Gasteiger partial charge in [-0.05, 0) is 55.5 Å². The number of amides is 1. The molecule has 0 spiro atoms. The second-order valence-electron chi connectivity index (χ2n) is 6.08. The van der Waals surface area contributed by atoms with Gasteiger partial charge in [0.1, 0.15) is 11.0 Å². The lowest BCUT2D eigenvalue weighted by Gasteiger charge is -2.17. The summed E-state index contributed by atoms with van der Waals surface area (Å²) in [6.07, 6.45) is 1.40. The number of furan rings is 1. The van der Waals surface area contributed by atoms with Crippen molar-refractivity contribution in [3.63, 3.8) is 0 Å². The third-order valence-corrected chi connectivity index (χ3v) is 6.47. The molecule has 1 N–H and O–H groups in total. The summed E-state index contributed by atoms with van der Waals surface area (Å²) in [6.45, 7) is 1.80. The van der Waals surface area contributed by atoms with Crippen LogP contribution in [0.5, 0.6) is 0 Å². The van der Waals surface area contributed by atoms with Crippen LogP contribution in [-0.4, -0.2) is 20.9 Å². The van der Waals surface area contributed by atoms with Gasteiger partial charge in [0.2, 0.25) is 0 Å². The van der Waals surface area contributed by atoms with Crippen molar-refractivity contribution < 1.29 is 17.6 Å². The number of halogens is 1. The molecule has 1 heterocycles. The number of carbonyl (C=O) groups is 1. The topological polar surface area (TPSA) is 76.4 Å². The molecule has 1 amide bonds. The van der Waals surface area contributed by atoms with Gasteiger partial charge in [0.25, 0.3) is 5.91 Å². The SMILES string of the molecule is Cc1ccc(C(=O)NC[C@H](c2ccco2)S(=O)(=O)c2ccc(Cl)cc2)cc1. The maximum atomic E-state index is 13.1. The molecule has 0 aliphatic carbocycles. The predicted octanol–water partition coefficient (Wildman–Crippen LogP) is 4.19. The van der Waals surface area contributed by atoms with Crippen LogP contribution in [0.25, 0.3) is 0 Å². The van der Waals surface area contributed by atoms with E-state index in [9.17, 15) is 13.2 Å². The first-order chi connectivity index (χ1) is 12.9. The summed E-state index contributed by atoms with van der Waals surface area (Å²) in [4.78, 5) is 12.5. The highest BCUT2D eigenvalue weighted by Crippen LogP contribution is 2.29. The Labute approximate surface area is 162 Å². The summed E-state index contributed by atoms with van der Waals surface area (Å²) in [5, 5.41) is 2.08. The van der Waals surface area contributed by atoms with E-state index in [-0.39, 0.29) is 23.1 Å². The van der Waals surface area contributed by atoms with E-state index in [1.165, 1.54) is 30.5 Å². The normalized spacial score (nSPS) is 12.5. The average molecular weight is 404 g/mol. The Hall–Kier alpha value is -2.57. The van der Waals surface area contributed by atoms with Crippen molar-refractivity contribution in [3.8, 4) is 0 Å². The van der Waals surface area contributed by atoms with Gasteiger partial charge in [-0.2, -0.15) is 0 Å². The van der Waals surface area contributed by atoms with E-state index in [1.807, 2.05) is 19.1 Å². The van der Waals surface area contributed by atoms with Gasteiger partial charge >= 0.3 is 0 Å². The highest BCUT2D eigenvalue weighted by molar-refractivity contribution is 7.91. The van der Waals surface area contributed by atoms with Gasteiger partial charge in [-0.15, -0.1) is 0 Å². The molecule has 140 valence electrons. The summed E-state index contributed by atoms with van der Waals surface area (Å²) < 4.78 is 31.5. The third-order valence-electron chi connectivity index (χ3n) is 4.14. The van der Waals surface area contributed by atoms with Crippen LogP contribution >= 0.6 is 11.6 Å². The minimum absolute atomic E-state index is 0.109. The van der Waals surface area contributed by atoms with Crippen molar-refractivity contribution in [2.75, 3.05) is 6.54 Å². The van der Waals surface area contributed by atoms with E-state index < -0.39 is 15.1 Å². The van der Waals surface area contributed by atoms with E-state index in [1.54, 1.807) is 24.3 Å². The first-order valence-electron chi connectivity index (χ1n) is 8.25. The molecule has 1 aromatic heterocycles. The van der Waals surface area contributed by atoms with Gasteiger partial charge in [0.15, 0.2) is 9.84 Å². The monoisotopic (exact) mass is 403 g/mol. The van der Waals surface area contributed by atoms with Gasteiger partial charge in [0.05, 0.1) is 11.2 Å². The summed E-state index contributed by atoms with van der Waals surface area (Å²) in [7, 11) is -3.79. The van der Waals surface area contributed by atoms with Gasteiger partial charge in [-0.3, -0.25) is 4.79 Å². The molecule has 0 bridgehead atoms. The van der Waals surface area contributed by atoms with Crippen LogP contribution in [0.1, 0.15) is 26.9 Å². The average Bonchev–Trinajstić information content (AvgIpc) is 3.16. The molecule has 0 fully saturated rings. The van der Waals surface area contributed by atoms with E-state index in [4.69, 9.17) is 16.0 Å². The third kappa shape index (κ3) is 4.40. The Morgan fingerprint density at radius 2 is 1.74 bits per heavy atom. The zero-order chi connectivity index (χ0) is 19.4. The lowest BCUT2D eigenvalue weighted by molar-refractivity contribution is 0.0953. The molecular weight excluding hydrogens is 386 g/mol. The molecule has 3 aromatic rings. The van der Waals surface area contributed by atoms with Crippen LogP contribution in [0.15, 0.2) is 76.2 Å². The van der Waals surface area contributed by atoms with Crippen LogP contribution in [0.2, 0.25) is 5.02 Å². The van der Waals surface area contributed by atoms with Crippen molar-refractivity contribution in [2.24, 2.45) is 0 Å². The number of aryl methyl sites for hydroxylation is 1. The van der Waals surface area contributed by atoms with E-state index in [2.05, 4.69) is 5.32 Å². The summed E-state index contributed by atoms with van der Waals surface area (Å²) >= 11 is 5.85. The van der Waals surface area contributed by atoms with Crippen LogP contribution < -0.4 is 5.32 Å². The maximum absolute atomic E-state index is 13.1. The second-order valence-corrected chi connectivity index (χ2v) is 8.65. The highest BCUT2D eigenvalue weighted by atomic mass is 35.5. The number of rotatable bonds is 6. The lowest BCUT2D eigenvalue weighted by atomic mass is 10.1. The number of carbonyl (C=O) groups excluding carboxylic acids is 1. The molecule has 0 saturated heterocycles. The van der Waals surface area contributed by atoms with Gasteiger partial charge in [-0.1, -0.05) is 29.3 Å². The number of nitrogens with one attached hydrogen (secondary N) is 1. The zero-order valence-electron chi connectivity index (χ0n) is 14.6. The molecule has 0 aliphatic heterocycles. The second kappa shape index (κ2) is 7.98. The Kier molecular flexibility index (Phi) is 5.68. The van der Waals surface area contributed by atoms with Crippen LogP contribution in [0, 0.1) is 6.92 Å². The molecule has 2 aromatic carbocycles. The van der Waals surface area contributed by atoms with Crippen molar-refractivity contribution in [2.45, 2.75) is 17.1 Å². The first-order valence-corrected chi connectivity index (χ1v) is 10.2. The van der Waals surface area contributed by atoms with Crippen LogP contribution in [0.3, 0.4) is 0 Å². The molecule has 0 aliphatic rings. The fraction of sp³-hybridized carbons (Fsp3) is 0.150.